The Labute approximate surface area is 324 Å². The normalized spacial score (nSPS) is 14.2. The number of amidine groups is 1. The largest absolute Gasteiger partial charge is 0.456 e. The van der Waals surface area contributed by atoms with Crippen molar-refractivity contribution in [2.75, 3.05) is 0 Å². The number of hydrogen-bond acceptors (Lipinski definition) is 3. The molecule has 0 spiro atoms. The maximum absolute atomic E-state index is 6.66. The molecule has 0 bridgehead atoms. The summed E-state index contributed by atoms with van der Waals surface area (Å²) in [5.74, 6) is 0.833. The monoisotopic (exact) mass is 717 g/mol. The van der Waals surface area contributed by atoms with Crippen LogP contribution in [0.1, 0.15) is 22.7 Å². The van der Waals surface area contributed by atoms with E-state index in [-0.39, 0.29) is 6.04 Å². The number of hydrogen-bond donors (Lipinski definition) is 1. The van der Waals surface area contributed by atoms with E-state index in [2.05, 4.69) is 198 Å². The van der Waals surface area contributed by atoms with Crippen LogP contribution in [-0.2, 0) is 0 Å². The van der Waals surface area contributed by atoms with Crippen LogP contribution in [0.3, 0.4) is 0 Å². The van der Waals surface area contributed by atoms with Crippen molar-refractivity contribution < 1.29 is 4.42 Å². The fourth-order valence-corrected chi connectivity index (χ4v) is 8.40. The fourth-order valence-electron chi connectivity index (χ4n) is 8.40. The van der Waals surface area contributed by atoms with Gasteiger partial charge in [-0.05, 0) is 81.9 Å². The van der Waals surface area contributed by atoms with Crippen LogP contribution in [0.15, 0.2) is 210 Å². The van der Waals surface area contributed by atoms with Gasteiger partial charge in [-0.3, -0.25) is 0 Å². The van der Waals surface area contributed by atoms with Crippen LogP contribution in [-0.4, -0.2) is 10.4 Å². The molecule has 0 saturated carbocycles. The lowest BCUT2D eigenvalue weighted by Gasteiger charge is -2.25. The molecule has 56 heavy (non-hydrogen) atoms. The van der Waals surface area contributed by atoms with Gasteiger partial charge in [-0.1, -0.05) is 152 Å². The molecule has 1 aliphatic rings. The van der Waals surface area contributed by atoms with E-state index in [0.29, 0.717) is 0 Å². The van der Waals surface area contributed by atoms with Crippen molar-refractivity contribution in [1.82, 2.24) is 9.88 Å². The SMILES string of the molecule is C1=C(c2ccc(-c3ccccc3)cc2)N=C(c2ccccc2)NC1c1cc(-c2cccc(-n3c4ccccc4c4ccccc43)c2)cc2oc3ccccc3c12. The Balaban J connectivity index is 1.09. The minimum Gasteiger partial charge on any atom is -0.456 e. The molecule has 264 valence electrons. The summed E-state index contributed by atoms with van der Waals surface area (Å²) in [6.45, 7) is 0. The average molecular weight is 718 g/mol. The Morgan fingerprint density at radius 2 is 1.04 bits per heavy atom. The summed E-state index contributed by atoms with van der Waals surface area (Å²) >= 11 is 0. The lowest BCUT2D eigenvalue weighted by molar-refractivity contribution is 0.668. The first-order chi connectivity index (χ1) is 27.7. The molecule has 10 aromatic rings. The van der Waals surface area contributed by atoms with E-state index in [9.17, 15) is 0 Å². The molecular weight excluding hydrogens is 683 g/mol. The summed E-state index contributed by atoms with van der Waals surface area (Å²) in [6, 6.07) is 68.5. The van der Waals surface area contributed by atoms with E-state index < -0.39 is 0 Å². The number of aromatic nitrogens is 1. The van der Waals surface area contributed by atoms with E-state index in [1.807, 2.05) is 12.1 Å². The average Bonchev–Trinajstić information content (AvgIpc) is 3.83. The van der Waals surface area contributed by atoms with Crippen LogP contribution in [0.5, 0.6) is 0 Å². The highest BCUT2D eigenvalue weighted by atomic mass is 16.3. The number of nitrogens with one attached hydrogen (secondary N) is 1. The predicted octanol–water partition coefficient (Wildman–Crippen LogP) is 13.1. The minimum absolute atomic E-state index is 0.199. The van der Waals surface area contributed by atoms with Gasteiger partial charge in [0.1, 0.15) is 17.0 Å². The van der Waals surface area contributed by atoms with Gasteiger partial charge in [0.15, 0.2) is 0 Å². The van der Waals surface area contributed by atoms with Gasteiger partial charge in [-0.25, -0.2) is 4.99 Å². The fraction of sp³-hybridized carbons (Fsp3) is 0.0192. The van der Waals surface area contributed by atoms with E-state index in [0.717, 1.165) is 67.0 Å². The summed E-state index contributed by atoms with van der Waals surface area (Å²) < 4.78 is 9.03. The summed E-state index contributed by atoms with van der Waals surface area (Å²) in [4.78, 5) is 5.24. The molecule has 0 fully saturated rings. The molecule has 0 amide bonds. The van der Waals surface area contributed by atoms with Gasteiger partial charge in [0.05, 0.1) is 22.8 Å². The van der Waals surface area contributed by atoms with Crippen LogP contribution in [0.4, 0.5) is 0 Å². The van der Waals surface area contributed by atoms with Crippen LogP contribution in [0.2, 0.25) is 0 Å². The van der Waals surface area contributed by atoms with Gasteiger partial charge in [-0.2, -0.15) is 0 Å². The third-order valence-electron chi connectivity index (χ3n) is 11.0. The molecule has 11 rings (SSSR count). The standard InChI is InChI=1S/C52H35N3O/c1-3-14-34(15-4-1)35-26-28-36(29-27-35)45-33-46(54-52(53-45)37-16-5-2-6-17-37)44-31-39(32-50-51(44)43-22-9-12-25-49(43)56-50)38-18-13-19-40(30-38)55-47-23-10-7-20-41(47)42-21-8-11-24-48(42)55/h1-33,46H,(H,53,54). The van der Waals surface area contributed by atoms with Crippen LogP contribution < -0.4 is 5.32 Å². The summed E-state index contributed by atoms with van der Waals surface area (Å²) in [7, 11) is 0. The molecule has 1 atom stereocenters. The second-order valence-corrected chi connectivity index (χ2v) is 14.4. The summed E-state index contributed by atoms with van der Waals surface area (Å²) in [5.41, 5.74) is 13.9. The van der Waals surface area contributed by atoms with Crippen molar-refractivity contribution in [3.8, 4) is 27.9 Å². The van der Waals surface area contributed by atoms with Crippen LogP contribution >= 0.6 is 0 Å². The lowest BCUT2D eigenvalue weighted by atomic mass is 9.92. The number of aliphatic imine (C=N–C) groups is 1. The molecule has 3 heterocycles. The van der Waals surface area contributed by atoms with E-state index in [4.69, 9.17) is 9.41 Å². The zero-order valence-corrected chi connectivity index (χ0v) is 30.4. The molecular formula is C52H35N3O. The molecule has 0 radical (unpaired) electrons. The predicted molar refractivity (Wildman–Crippen MR) is 232 cm³/mol. The van der Waals surface area contributed by atoms with E-state index in [1.165, 1.54) is 32.9 Å². The number of benzene rings is 8. The molecule has 1 N–H and O–H groups in total. The number of fused-ring (bicyclic) bond motifs is 6. The summed E-state index contributed by atoms with van der Waals surface area (Å²) in [5, 5.41) is 8.54. The molecule has 0 saturated heterocycles. The Morgan fingerprint density at radius 3 is 1.77 bits per heavy atom. The van der Waals surface area contributed by atoms with Crippen LogP contribution in [0.25, 0.3) is 77.4 Å². The first-order valence-electron chi connectivity index (χ1n) is 19.1. The van der Waals surface area contributed by atoms with Crippen molar-refractivity contribution in [2.45, 2.75) is 6.04 Å². The van der Waals surface area contributed by atoms with E-state index in [1.54, 1.807) is 0 Å². The lowest BCUT2D eigenvalue weighted by Crippen LogP contribution is -2.31. The van der Waals surface area contributed by atoms with Gasteiger partial charge in [-0.15, -0.1) is 0 Å². The number of rotatable bonds is 6. The topological polar surface area (TPSA) is 42.5 Å². The van der Waals surface area contributed by atoms with Crippen molar-refractivity contribution in [3.63, 3.8) is 0 Å². The second-order valence-electron chi connectivity index (χ2n) is 14.4. The van der Waals surface area contributed by atoms with Crippen molar-refractivity contribution in [2.24, 2.45) is 4.99 Å². The molecule has 0 aliphatic carbocycles. The Morgan fingerprint density at radius 1 is 0.446 bits per heavy atom. The Bertz CT molecular complexity index is 3100. The highest BCUT2D eigenvalue weighted by Gasteiger charge is 2.25. The van der Waals surface area contributed by atoms with Crippen molar-refractivity contribution in [1.29, 1.82) is 0 Å². The summed E-state index contributed by atoms with van der Waals surface area (Å²) in [6.07, 6.45) is 2.26. The molecule has 8 aromatic carbocycles. The third-order valence-corrected chi connectivity index (χ3v) is 11.0. The number of nitrogens with zero attached hydrogens (tertiary/aromatic N) is 2. The molecule has 2 aromatic heterocycles. The van der Waals surface area contributed by atoms with Gasteiger partial charge >= 0.3 is 0 Å². The maximum Gasteiger partial charge on any atom is 0.136 e. The molecule has 4 nitrogen and oxygen atoms in total. The van der Waals surface area contributed by atoms with Gasteiger partial charge in [0.2, 0.25) is 0 Å². The van der Waals surface area contributed by atoms with Gasteiger partial charge in [0.25, 0.3) is 0 Å². The molecule has 1 aliphatic heterocycles. The van der Waals surface area contributed by atoms with Crippen molar-refractivity contribution in [3.05, 3.63) is 217 Å². The Kier molecular flexibility index (Phi) is 7.52. The highest BCUT2D eigenvalue weighted by molar-refractivity contribution is 6.11. The number of furan rings is 1. The second kappa shape index (κ2) is 13.2. The van der Waals surface area contributed by atoms with Gasteiger partial charge < -0.3 is 14.3 Å². The van der Waals surface area contributed by atoms with Gasteiger partial charge in [0, 0.05) is 32.8 Å². The maximum atomic E-state index is 6.66. The van der Waals surface area contributed by atoms with E-state index >= 15 is 0 Å². The zero-order chi connectivity index (χ0) is 37.0. The Hall–Kier alpha value is -7.43. The first-order valence-corrected chi connectivity index (χ1v) is 19.1. The van der Waals surface area contributed by atoms with Crippen LogP contribution in [0, 0.1) is 0 Å². The third kappa shape index (κ3) is 5.42. The van der Waals surface area contributed by atoms with Crippen molar-refractivity contribution >= 4 is 55.3 Å². The quantitative estimate of drug-likeness (QED) is 0.186. The zero-order valence-electron chi connectivity index (χ0n) is 30.4. The molecule has 4 heteroatoms. The highest BCUT2D eigenvalue weighted by Crippen LogP contribution is 2.41. The number of para-hydroxylation sites is 3. The first kappa shape index (κ1) is 32.0. The molecule has 1 unspecified atom stereocenters. The minimum atomic E-state index is -0.199. The smallest absolute Gasteiger partial charge is 0.136 e.